The highest BCUT2D eigenvalue weighted by molar-refractivity contribution is 5.46. The summed E-state index contributed by atoms with van der Waals surface area (Å²) in [6, 6.07) is 0.642. The molecule has 0 atom stereocenters. The summed E-state index contributed by atoms with van der Waals surface area (Å²) in [6.45, 7) is 2.79. The fourth-order valence-corrected chi connectivity index (χ4v) is 2.74. The van der Waals surface area contributed by atoms with Crippen LogP contribution in [0.5, 0.6) is 0 Å². The van der Waals surface area contributed by atoms with Gasteiger partial charge in [0.15, 0.2) is 0 Å². The third kappa shape index (κ3) is 2.99. The molecule has 1 aliphatic rings. The van der Waals surface area contributed by atoms with Gasteiger partial charge in [-0.1, -0.05) is 19.3 Å². The zero-order chi connectivity index (χ0) is 13.0. The summed E-state index contributed by atoms with van der Waals surface area (Å²) in [4.78, 5) is 11.3. The van der Waals surface area contributed by atoms with Gasteiger partial charge in [-0.05, 0) is 26.8 Å². The highest BCUT2D eigenvalue weighted by Gasteiger charge is 2.21. The molecule has 1 N–H and O–H groups in total. The van der Waals surface area contributed by atoms with Crippen molar-refractivity contribution in [2.45, 2.75) is 51.6 Å². The highest BCUT2D eigenvalue weighted by Crippen LogP contribution is 2.26. The van der Waals surface area contributed by atoms with Gasteiger partial charge >= 0.3 is 0 Å². The summed E-state index contributed by atoms with van der Waals surface area (Å²) in [5.74, 6) is 1.95. The van der Waals surface area contributed by atoms with E-state index < -0.39 is 0 Å². The molecule has 0 aliphatic heterocycles. The molecule has 0 aromatic carbocycles. The SMILES string of the molecule is CNCc1cnc(C)nc1N(C)C1CCCCC1. The number of nitrogens with zero attached hydrogens (tertiary/aromatic N) is 3. The Morgan fingerprint density at radius 1 is 1.33 bits per heavy atom. The normalized spacial score (nSPS) is 16.8. The Hall–Kier alpha value is -1.16. The molecule has 2 rings (SSSR count). The van der Waals surface area contributed by atoms with Crippen molar-refractivity contribution in [3.63, 3.8) is 0 Å². The lowest BCUT2D eigenvalue weighted by atomic mass is 9.94. The smallest absolute Gasteiger partial charge is 0.136 e. The van der Waals surface area contributed by atoms with E-state index in [-0.39, 0.29) is 0 Å². The monoisotopic (exact) mass is 248 g/mol. The van der Waals surface area contributed by atoms with Crippen LogP contribution in [0.1, 0.15) is 43.5 Å². The van der Waals surface area contributed by atoms with E-state index in [0.717, 1.165) is 18.2 Å². The van der Waals surface area contributed by atoms with Crippen molar-refractivity contribution in [3.8, 4) is 0 Å². The van der Waals surface area contributed by atoms with Crippen molar-refractivity contribution in [3.05, 3.63) is 17.6 Å². The van der Waals surface area contributed by atoms with Crippen molar-refractivity contribution in [1.29, 1.82) is 0 Å². The molecule has 1 fully saturated rings. The molecule has 0 spiro atoms. The third-order valence-electron chi connectivity index (χ3n) is 3.79. The van der Waals surface area contributed by atoms with Gasteiger partial charge in [0.05, 0.1) is 0 Å². The van der Waals surface area contributed by atoms with E-state index in [1.807, 2.05) is 20.2 Å². The summed E-state index contributed by atoms with van der Waals surface area (Å²) in [5, 5.41) is 3.19. The topological polar surface area (TPSA) is 41.1 Å². The zero-order valence-electron chi connectivity index (χ0n) is 11.7. The quantitative estimate of drug-likeness (QED) is 0.887. The molecule has 1 heterocycles. The van der Waals surface area contributed by atoms with E-state index in [0.29, 0.717) is 6.04 Å². The van der Waals surface area contributed by atoms with Gasteiger partial charge in [-0.2, -0.15) is 0 Å². The maximum absolute atomic E-state index is 4.64. The molecule has 1 saturated carbocycles. The maximum atomic E-state index is 4.64. The Morgan fingerprint density at radius 2 is 2.06 bits per heavy atom. The van der Waals surface area contributed by atoms with E-state index in [4.69, 9.17) is 0 Å². The van der Waals surface area contributed by atoms with Crippen LogP contribution < -0.4 is 10.2 Å². The van der Waals surface area contributed by atoms with Crippen molar-refractivity contribution in [2.75, 3.05) is 19.0 Å². The van der Waals surface area contributed by atoms with E-state index in [1.165, 1.54) is 37.7 Å². The van der Waals surface area contributed by atoms with Gasteiger partial charge in [-0.25, -0.2) is 9.97 Å². The van der Waals surface area contributed by atoms with Gasteiger partial charge in [0.1, 0.15) is 11.6 Å². The summed E-state index contributed by atoms with van der Waals surface area (Å²) >= 11 is 0. The molecule has 0 unspecified atom stereocenters. The minimum atomic E-state index is 0.642. The van der Waals surface area contributed by atoms with Crippen LogP contribution in [0.15, 0.2) is 6.20 Å². The predicted octanol–water partition coefficient (Wildman–Crippen LogP) is 2.27. The Morgan fingerprint density at radius 3 is 2.72 bits per heavy atom. The van der Waals surface area contributed by atoms with Gasteiger partial charge in [-0.3, -0.25) is 0 Å². The van der Waals surface area contributed by atoms with Crippen LogP contribution in [0, 0.1) is 6.92 Å². The Labute approximate surface area is 110 Å². The Bertz CT molecular complexity index is 385. The summed E-state index contributed by atoms with van der Waals surface area (Å²) in [6.07, 6.45) is 8.61. The molecule has 0 radical (unpaired) electrons. The molecule has 0 saturated heterocycles. The van der Waals surface area contributed by atoms with Gasteiger partial charge < -0.3 is 10.2 Å². The minimum Gasteiger partial charge on any atom is -0.356 e. The van der Waals surface area contributed by atoms with Crippen molar-refractivity contribution in [1.82, 2.24) is 15.3 Å². The first-order chi connectivity index (χ1) is 8.72. The number of hydrogen-bond acceptors (Lipinski definition) is 4. The number of aromatic nitrogens is 2. The number of aryl methyl sites for hydroxylation is 1. The molecule has 1 aromatic heterocycles. The van der Waals surface area contributed by atoms with Crippen LogP contribution in [0.3, 0.4) is 0 Å². The van der Waals surface area contributed by atoms with E-state index in [2.05, 4.69) is 27.2 Å². The van der Waals surface area contributed by atoms with Gasteiger partial charge in [-0.15, -0.1) is 0 Å². The fourth-order valence-electron chi connectivity index (χ4n) is 2.74. The highest BCUT2D eigenvalue weighted by atomic mass is 15.2. The fraction of sp³-hybridized carbons (Fsp3) is 0.714. The van der Waals surface area contributed by atoms with E-state index >= 15 is 0 Å². The van der Waals surface area contributed by atoms with Crippen molar-refractivity contribution >= 4 is 5.82 Å². The van der Waals surface area contributed by atoms with Crippen LogP contribution >= 0.6 is 0 Å². The average Bonchev–Trinajstić information content (AvgIpc) is 2.41. The van der Waals surface area contributed by atoms with Gasteiger partial charge in [0.25, 0.3) is 0 Å². The second kappa shape index (κ2) is 6.14. The first-order valence-electron chi connectivity index (χ1n) is 6.92. The second-order valence-electron chi connectivity index (χ2n) is 5.20. The van der Waals surface area contributed by atoms with Gasteiger partial charge in [0.2, 0.25) is 0 Å². The van der Waals surface area contributed by atoms with Crippen molar-refractivity contribution < 1.29 is 0 Å². The Kier molecular flexibility index (Phi) is 4.53. The lowest BCUT2D eigenvalue weighted by Gasteiger charge is -2.33. The van der Waals surface area contributed by atoms with Gasteiger partial charge in [0, 0.05) is 31.4 Å². The molecular formula is C14H24N4. The van der Waals surface area contributed by atoms with E-state index in [1.54, 1.807) is 0 Å². The lowest BCUT2D eigenvalue weighted by molar-refractivity contribution is 0.425. The molecule has 100 valence electrons. The molecule has 4 nitrogen and oxygen atoms in total. The second-order valence-corrected chi connectivity index (χ2v) is 5.20. The number of anilines is 1. The molecule has 18 heavy (non-hydrogen) atoms. The largest absolute Gasteiger partial charge is 0.356 e. The molecular weight excluding hydrogens is 224 g/mol. The summed E-state index contributed by atoms with van der Waals surface area (Å²) in [7, 11) is 4.14. The molecule has 0 amide bonds. The molecule has 1 aliphatic carbocycles. The summed E-state index contributed by atoms with van der Waals surface area (Å²) < 4.78 is 0. The summed E-state index contributed by atoms with van der Waals surface area (Å²) in [5.41, 5.74) is 1.19. The number of hydrogen-bond donors (Lipinski definition) is 1. The van der Waals surface area contributed by atoms with Crippen LogP contribution in [-0.4, -0.2) is 30.1 Å². The van der Waals surface area contributed by atoms with Crippen LogP contribution in [0.2, 0.25) is 0 Å². The zero-order valence-corrected chi connectivity index (χ0v) is 11.7. The third-order valence-corrected chi connectivity index (χ3v) is 3.79. The number of nitrogens with one attached hydrogen (secondary N) is 1. The molecule has 0 bridgehead atoms. The first kappa shape index (κ1) is 13.3. The standard InChI is InChI=1S/C14H24N4/c1-11-16-10-12(9-15-2)14(17-11)18(3)13-7-5-4-6-8-13/h10,13,15H,4-9H2,1-3H3. The predicted molar refractivity (Wildman–Crippen MR) is 74.8 cm³/mol. The van der Waals surface area contributed by atoms with Crippen LogP contribution in [0.25, 0.3) is 0 Å². The Balaban J connectivity index is 2.21. The van der Waals surface area contributed by atoms with Crippen LogP contribution in [-0.2, 0) is 6.54 Å². The molecule has 4 heteroatoms. The average molecular weight is 248 g/mol. The number of rotatable bonds is 4. The van der Waals surface area contributed by atoms with Crippen molar-refractivity contribution in [2.24, 2.45) is 0 Å². The van der Waals surface area contributed by atoms with E-state index in [9.17, 15) is 0 Å². The first-order valence-corrected chi connectivity index (χ1v) is 6.92. The lowest BCUT2D eigenvalue weighted by Crippen LogP contribution is -2.35. The van der Waals surface area contributed by atoms with Crippen LogP contribution in [0.4, 0.5) is 5.82 Å². The maximum Gasteiger partial charge on any atom is 0.136 e. The molecule has 1 aromatic rings. The minimum absolute atomic E-state index is 0.642.